The fourth-order valence-electron chi connectivity index (χ4n) is 4.73. The van der Waals surface area contributed by atoms with Gasteiger partial charge in [-0.2, -0.15) is 0 Å². The van der Waals surface area contributed by atoms with Gasteiger partial charge in [0.25, 0.3) is 0 Å². The minimum atomic E-state index is -0.993. The Morgan fingerprint density at radius 2 is 1.64 bits per heavy atom. The van der Waals surface area contributed by atoms with Crippen LogP contribution in [0.2, 0.25) is 11.6 Å². The molecule has 0 unspecified atom stereocenters. The number of rotatable bonds is 7. The van der Waals surface area contributed by atoms with Crippen molar-refractivity contribution in [2.75, 3.05) is 13.7 Å². The molecule has 6 heteroatoms. The zero-order valence-corrected chi connectivity index (χ0v) is 17.6. The molecule has 2 aliphatic carbocycles. The van der Waals surface area contributed by atoms with Crippen LogP contribution < -0.4 is 4.74 Å². The summed E-state index contributed by atoms with van der Waals surface area (Å²) in [7, 11) is 2.80. The zero-order chi connectivity index (χ0) is 19.9. The van der Waals surface area contributed by atoms with Gasteiger partial charge in [0, 0.05) is 29.3 Å². The average Bonchev–Trinajstić information content (AvgIpc) is 2.72. The molecule has 0 atom stereocenters. The van der Waals surface area contributed by atoms with Gasteiger partial charge in [0.15, 0.2) is 11.6 Å². The molecular formula is C22H30F2O3Si. The Kier molecular flexibility index (Phi) is 8.03. The molecule has 2 saturated carbocycles. The number of hydrogen-bond donors (Lipinski definition) is 0. The molecule has 1 aromatic carbocycles. The van der Waals surface area contributed by atoms with Crippen molar-refractivity contribution < 1.29 is 23.0 Å². The molecule has 2 aliphatic rings. The van der Waals surface area contributed by atoms with Crippen molar-refractivity contribution in [1.82, 2.24) is 0 Å². The van der Waals surface area contributed by atoms with Gasteiger partial charge in [-0.3, -0.25) is 4.79 Å². The molecule has 154 valence electrons. The molecule has 2 fully saturated rings. The summed E-state index contributed by atoms with van der Waals surface area (Å²) in [4.78, 5) is 12.4. The summed E-state index contributed by atoms with van der Waals surface area (Å²) in [5.41, 5.74) is 0.883. The van der Waals surface area contributed by atoms with Crippen LogP contribution in [0.25, 0.3) is 0 Å². The van der Waals surface area contributed by atoms with E-state index in [0.717, 1.165) is 71.3 Å². The van der Waals surface area contributed by atoms with Crippen molar-refractivity contribution in [2.45, 2.75) is 63.0 Å². The van der Waals surface area contributed by atoms with E-state index in [4.69, 9.17) is 9.47 Å². The lowest BCUT2D eigenvalue weighted by Gasteiger charge is -2.37. The van der Waals surface area contributed by atoms with Crippen LogP contribution >= 0.6 is 0 Å². The number of halogens is 2. The molecule has 0 heterocycles. The van der Waals surface area contributed by atoms with Gasteiger partial charge in [0.2, 0.25) is 0 Å². The smallest absolute Gasteiger partial charge is 0.314 e. The highest BCUT2D eigenvalue weighted by molar-refractivity contribution is 6.37. The molecule has 0 amide bonds. The molecule has 0 aliphatic heterocycles. The third-order valence-corrected chi connectivity index (χ3v) is 8.04. The fraction of sp³-hybridized carbons (Fsp3) is 0.682. The van der Waals surface area contributed by atoms with Crippen LogP contribution in [0.4, 0.5) is 8.78 Å². The van der Waals surface area contributed by atoms with Crippen molar-refractivity contribution in [3.05, 3.63) is 29.8 Å². The molecule has 0 N–H and O–H groups in total. The van der Waals surface area contributed by atoms with Gasteiger partial charge in [-0.15, -0.1) is 0 Å². The van der Waals surface area contributed by atoms with E-state index in [2.05, 4.69) is 0 Å². The SMILES string of the molecule is COCC[Si]C1CCC(C2CCC(C(=O)Oc3ccc(F)c(F)c3)CC2)CC1. The number of carbonyl (C=O) groups is 1. The summed E-state index contributed by atoms with van der Waals surface area (Å²) in [5, 5.41) is 0. The lowest BCUT2D eigenvalue weighted by atomic mass is 9.71. The lowest BCUT2D eigenvalue weighted by Crippen LogP contribution is -2.30. The predicted octanol–water partition coefficient (Wildman–Crippen LogP) is 5.42. The van der Waals surface area contributed by atoms with Crippen molar-refractivity contribution in [3.63, 3.8) is 0 Å². The molecule has 2 radical (unpaired) electrons. The van der Waals surface area contributed by atoms with E-state index >= 15 is 0 Å². The van der Waals surface area contributed by atoms with Crippen LogP contribution in [0.3, 0.4) is 0 Å². The maximum absolute atomic E-state index is 13.3. The highest BCUT2D eigenvalue weighted by Crippen LogP contribution is 2.43. The Labute approximate surface area is 169 Å². The summed E-state index contributed by atoms with van der Waals surface area (Å²) in [6.45, 7) is 0.878. The van der Waals surface area contributed by atoms with Gasteiger partial charge in [-0.25, -0.2) is 8.78 Å². The first-order valence-corrected chi connectivity index (χ1v) is 11.7. The van der Waals surface area contributed by atoms with E-state index in [1.807, 2.05) is 0 Å². The van der Waals surface area contributed by atoms with Crippen molar-refractivity contribution in [3.8, 4) is 5.75 Å². The topological polar surface area (TPSA) is 35.5 Å². The molecule has 0 bridgehead atoms. The second-order valence-corrected chi connectivity index (χ2v) is 9.89. The second-order valence-electron chi connectivity index (χ2n) is 8.17. The first kappa shape index (κ1) is 21.4. The Balaban J connectivity index is 1.39. The van der Waals surface area contributed by atoms with E-state index in [9.17, 15) is 13.6 Å². The molecular weight excluding hydrogens is 378 g/mol. The first-order valence-electron chi connectivity index (χ1n) is 10.5. The summed E-state index contributed by atoms with van der Waals surface area (Å²) < 4.78 is 36.7. The Bertz CT molecular complexity index is 639. The van der Waals surface area contributed by atoms with Gasteiger partial charge in [0.1, 0.15) is 5.75 Å². The van der Waals surface area contributed by atoms with Crippen LogP contribution in [-0.4, -0.2) is 29.2 Å². The Morgan fingerprint density at radius 3 is 2.25 bits per heavy atom. The maximum Gasteiger partial charge on any atom is 0.314 e. The maximum atomic E-state index is 13.3. The van der Waals surface area contributed by atoms with Gasteiger partial charge >= 0.3 is 5.97 Å². The number of ether oxygens (including phenoxy) is 2. The monoisotopic (exact) mass is 408 g/mol. The van der Waals surface area contributed by atoms with Crippen LogP contribution in [-0.2, 0) is 9.53 Å². The van der Waals surface area contributed by atoms with E-state index < -0.39 is 11.6 Å². The van der Waals surface area contributed by atoms with E-state index in [0.29, 0.717) is 0 Å². The Hall–Kier alpha value is -1.27. The quantitative estimate of drug-likeness (QED) is 0.261. The summed E-state index contributed by atoms with van der Waals surface area (Å²) in [5.74, 6) is -0.772. The molecule has 1 aromatic rings. The van der Waals surface area contributed by atoms with Crippen molar-refractivity contribution in [1.29, 1.82) is 0 Å². The fourth-order valence-corrected chi connectivity index (χ4v) is 6.20. The number of methoxy groups -OCH3 is 1. The highest BCUT2D eigenvalue weighted by Gasteiger charge is 2.33. The summed E-state index contributed by atoms with van der Waals surface area (Å²) >= 11 is 0. The lowest BCUT2D eigenvalue weighted by molar-refractivity contribution is -0.140. The number of carbonyl (C=O) groups excluding carboxylic acids is 1. The standard InChI is InChI=1S/C22H30F2O3Si/c1-26-12-13-28-19-9-6-16(7-10-19)15-2-4-17(5-3-15)22(25)27-18-8-11-20(23)21(24)14-18/h8,11,14-17,19H,2-7,9-10,12-13H2,1H3. The van der Waals surface area contributed by atoms with Crippen LogP contribution in [0.15, 0.2) is 18.2 Å². The first-order chi connectivity index (χ1) is 13.6. The van der Waals surface area contributed by atoms with Gasteiger partial charge < -0.3 is 9.47 Å². The molecule has 3 nitrogen and oxygen atoms in total. The van der Waals surface area contributed by atoms with Crippen LogP contribution in [0, 0.1) is 29.4 Å². The molecule has 0 saturated heterocycles. The third-order valence-electron chi connectivity index (χ3n) is 6.39. The van der Waals surface area contributed by atoms with Gasteiger partial charge in [-0.1, -0.05) is 25.7 Å². The van der Waals surface area contributed by atoms with Gasteiger partial charge in [0.05, 0.1) is 5.92 Å². The van der Waals surface area contributed by atoms with Crippen LogP contribution in [0.5, 0.6) is 5.75 Å². The normalized spacial score (nSPS) is 28.1. The number of hydrogen-bond acceptors (Lipinski definition) is 3. The van der Waals surface area contributed by atoms with E-state index in [-0.39, 0.29) is 17.6 Å². The second kappa shape index (κ2) is 10.5. The highest BCUT2D eigenvalue weighted by atomic mass is 28.2. The summed E-state index contributed by atoms with van der Waals surface area (Å²) in [6.07, 6.45) is 9.12. The number of esters is 1. The molecule has 0 aromatic heterocycles. The van der Waals surface area contributed by atoms with Crippen molar-refractivity contribution in [2.24, 2.45) is 17.8 Å². The van der Waals surface area contributed by atoms with E-state index in [1.54, 1.807) is 7.11 Å². The zero-order valence-electron chi connectivity index (χ0n) is 16.6. The van der Waals surface area contributed by atoms with Gasteiger partial charge in [-0.05, 0) is 61.2 Å². The Morgan fingerprint density at radius 1 is 1.00 bits per heavy atom. The minimum absolute atomic E-state index is 0.0821. The third kappa shape index (κ3) is 5.86. The molecule has 28 heavy (non-hydrogen) atoms. The largest absolute Gasteiger partial charge is 0.426 e. The van der Waals surface area contributed by atoms with E-state index in [1.165, 1.54) is 37.8 Å². The molecule has 3 rings (SSSR count). The number of benzene rings is 1. The average molecular weight is 409 g/mol. The van der Waals surface area contributed by atoms with Crippen LogP contribution in [0.1, 0.15) is 51.4 Å². The van der Waals surface area contributed by atoms with Crippen molar-refractivity contribution >= 4 is 15.5 Å². The predicted molar refractivity (Wildman–Crippen MR) is 106 cm³/mol. The minimum Gasteiger partial charge on any atom is -0.426 e. The molecule has 0 spiro atoms. The summed E-state index contributed by atoms with van der Waals surface area (Å²) in [6, 6.07) is 4.41.